The summed E-state index contributed by atoms with van der Waals surface area (Å²) >= 11 is 5.63. The van der Waals surface area contributed by atoms with E-state index in [1.54, 1.807) is 12.5 Å². The van der Waals surface area contributed by atoms with Gasteiger partial charge in [-0.3, -0.25) is 9.36 Å². The molecule has 0 aliphatic carbocycles. The van der Waals surface area contributed by atoms with Crippen molar-refractivity contribution in [2.24, 2.45) is 7.05 Å². The quantitative estimate of drug-likeness (QED) is 0.763. The van der Waals surface area contributed by atoms with Gasteiger partial charge in [-0.2, -0.15) is 0 Å². The third kappa shape index (κ3) is 1.79. The topological polar surface area (TPSA) is 78.7 Å². The van der Waals surface area contributed by atoms with Crippen LogP contribution in [0, 0.1) is 0 Å². The van der Waals surface area contributed by atoms with Crippen LogP contribution in [0.5, 0.6) is 0 Å². The molecular weight excluding hydrogens is 230 g/mol. The Kier molecular flexibility index (Phi) is 2.66. The van der Waals surface area contributed by atoms with E-state index < -0.39 is 0 Å². The number of hydrogen-bond acceptors (Lipinski definition) is 4. The van der Waals surface area contributed by atoms with Crippen LogP contribution < -0.4 is 11.3 Å². The molecule has 2 rings (SSSR count). The summed E-state index contributed by atoms with van der Waals surface area (Å²) in [6, 6.07) is 0. The van der Waals surface area contributed by atoms with Crippen molar-refractivity contribution in [3.05, 3.63) is 40.1 Å². The number of nitrogen functional groups attached to an aromatic ring is 1. The van der Waals surface area contributed by atoms with Gasteiger partial charge in [-0.25, -0.2) is 9.97 Å². The molecule has 2 aromatic rings. The Morgan fingerprint density at radius 3 is 2.88 bits per heavy atom. The molecule has 0 bridgehead atoms. The highest BCUT2D eigenvalue weighted by Crippen LogP contribution is 2.08. The number of halogens is 1. The molecule has 0 saturated heterocycles. The van der Waals surface area contributed by atoms with E-state index in [9.17, 15) is 4.79 Å². The van der Waals surface area contributed by atoms with Crippen molar-refractivity contribution in [3.8, 4) is 0 Å². The minimum Gasteiger partial charge on any atom is -0.392 e. The molecule has 0 aromatic carbocycles. The second kappa shape index (κ2) is 3.97. The van der Waals surface area contributed by atoms with Gasteiger partial charge in [0.1, 0.15) is 5.69 Å². The molecule has 2 N–H and O–H groups in total. The van der Waals surface area contributed by atoms with Crippen LogP contribution in [0.15, 0.2) is 23.6 Å². The standard InChI is InChI=1S/C9H10ClN5O/c1-14-4-12-2-6(14)3-15-5-13-8(10)7(11)9(15)16/h2,4-5H,3,11H2,1H3. The van der Waals surface area contributed by atoms with Gasteiger partial charge < -0.3 is 10.3 Å². The van der Waals surface area contributed by atoms with Gasteiger partial charge in [-0.15, -0.1) is 0 Å². The molecule has 0 amide bonds. The van der Waals surface area contributed by atoms with E-state index in [2.05, 4.69) is 9.97 Å². The van der Waals surface area contributed by atoms with Gasteiger partial charge >= 0.3 is 0 Å². The predicted molar refractivity (Wildman–Crippen MR) is 60.2 cm³/mol. The fourth-order valence-electron chi connectivity index (χ4n) is 1.31. The van der Waals surface area contributed by atoms with E-state index in [0.29, 0.717) is 6.54 Å². The molecule has 0 aliphatic heterocycles. The number of nitrogens with two attached hydrogens (primary N) is 1. The Morgan fingerprint density at radius 2 is 2.25 bits per heavy atom. The van der Waals surface area contributed by atoms with Crippen LogP contribution in [0.1, 0.15) is 5.69 Å². The summed E-state index contributed by atoms with van der Waals surface area (Å²) < 4.78 is 3.20. The molecule has 84 valence electrons. The van der Waals surface area contributed by atoms with E-state index in [4.69, 9.17) is 17.3 Å². The zero-order valence-corrected chi connectivity index (χ0v) is 9.35. The Hall–Kier alpha value is -1.82. The van der Waals surface area contributed by atoms with Crippen molar-refractivity contribution in [3.63, 3.8) is 0 Å². The lowest BCUT2D eigenvalue weighted by atomic mass is 10.4. The Bertz CT molecular complexity index is 574. The van der Waals surface area contributed by atoms with Crippen molar-refractivity contribution >= 4 is 17.3 Å². The highest BCUT2D eigenvalue weighted by molar-refractivity contribution is 6.31. The highest BCUT2D eigenvalue weighted by Gasteiger charge is 2.07. The minimum absolute atomic E-state index is 0.0336. The molecule has 7 heteroatoms. The van der Waals surface area contributed by atoms with E-state index in [0.717, 1.165) is 5.69 Å². The zero-order chi connectivity index (χ0) is 11.7. The maximum Gasteiger partial charge on any atom is 0.278 e. The molecule has 0 aliphatic rings. The van der Waals surface area contributed by atoms with Gasteiger partial charge in [0.2, 0.25) is 0 Å². The van der Waals surface area contributed by atoms with E-state index >= 15 is 0 Å². The molecule has 0 atom stereocenters. The van der Waals surface area contributed by atoms with Crippen LogP contribution in [-0.4, -0.2) is 19.1 Å². The number of aromatic nitrogens is 4. The summed E-state index contributed by atoms with van der Waals surface area (Å²) in [6.07, 6.45) is 4.71. The van der Waals surface area contributed by atoms with Crippen molar-refractivity contribution in [1.29, 1.82) is 0 Å². The lowest BCUT2D eigenvalue weighted by molar-refractivity contribution is 0.688. The summed E-state index contributed by atoms with van der Waals surface area (Å²) in [5.41, 5.74) is 6.00. The third-order valence-corrected chi connectivity index (χ3v) is 2.57. The molecule has 0 saturated carbocycles. The number of aryl methyl sites for hydroxylation is 1. The van der Waals surface area contributed by atoms with Crippen LogP contribution in [-0.2, 0) is 13.6 Å². The van der Waals surface area contributed by atoms with Crippen LogP contribution in [0.25, 0.3) is 0 Å². The van der Waals surface area contributed by atoms with Crippen molar-refractivity contribution in [1.82, 2.24) is 19.1 Å². The van der Waals surface area contributed by atoms with Gasteiger partial charge in [0.05, 0.1) is 24.9 Å². The van der Waals surface area contributed by atoms with Gasteiger partial charge in [-0.1, -0.05) is 11.6 Å². The molecule has 2 aromatic heterocycles. The van der Waals surface area contributed by atoms with Crippen LogP contribution in [0.3, 0.4) is 0 Å². The lowest BCUT2D eigenvalue weighted by Crippen LogP contribution is -2.24. The Morgan fingerprint density at radius 1 is 1.50 bits per heavy atom. The summed E-state index contributed by atoms with van der Waals surface area (Å²) in [4.78, 5) is 19.5. The fourth-order valence-corrected chi connectivity index (χ4v) is 1.43. The summed E-state index contributed by atoms with van der Waals surface area (Å²) in [6.45, 7) is 0.365. The Balaban J connectivity index is 2.40. The highest BCUT2D eigenvalue weighted by atomic mass is 35.5. The van der Waals surface area contributed by atoms with Gasteiger partial charge in [0, 0.05) is 13.2 Å². The number of hydrogen-bond donors (Lipinski definition) is 1. The zero-order valence-electron chi connectivity index (χ0n) is 8.59. The first-order valence-corrected chi connectivity index (χ1v) is 4.93. The molecule has 6 nitrogen and oxygen atoms in total. The summed E-state index contributed by atoms with van der Waals surface area (Å²) in [5.74, 6) is 0. The van der Waals surface area contributed by atoms with Crippen LogP contribution in [0.4, 0.5) is 5.69 Å². The first-order valence-electron chi connectivity index (χ1n) is 4.55. The molecule has 0 spiro atoms. The van der Waals surface area contributed by atoms with Gasteiger partial charge in [-0.05, 0) is 0 Å². The Labute approximate surface area is 96.3 Å². The maximum absolute atomic E-state index is 11.7. The summed E-state index contributed by atoms with van der Waals surface area (Å²) in [7, 11) is 1.85. The van der Waals surface area contributed by atoms with Gasteiger partial charge in [0.25, 0.3) is 5.56 Å². The summed E-state index contributed by atoms with van der Waals surface area (Å²) in [5, 5.41) is 0.0336. The minimum atomic E-state index is -0.346. The maximum atomic E-state index is 11.7. The second-order valence-electron chi connectivity index (χ2n) is 3.38. The van der Waals surface area contributed by atoms with Crippen molar-refractivity contribution in [2.45, 2.75) is 6.54 Å². The largest absolute Gasteiger partial charge is 0.392 e. The average molecular weight is 240 g/mol. The molecule has 0 fully saturated rings. The SMILES string of the molecule is Cn1cncc1Cn1cnc(Cl)c(N)c1=O. The van der Waals surface area contributed by atoms with Crippen molar-refractivity contribution < 1.29 is 0 Å². The number of rotatable bonds is 2. The van der Waals surface area contributed by atoms with E-state index in [1.807, 2.05) is 11.6 Å². The molecule has 16 heavy (non-hydrogen) atoms. The fraction of sp³-hybridized carbons (Fsp3) is 0.222. The normalized spacial score (nSPS) is 10.6. The molecular formula is C9H10ClN5O. The lowest BCUT2D eigenvalue weighted by Gasteiger charge is -2.06. The van der Waals surface area contributed by atoms with Crippen LogP contribution >= 0.6 is 11.6 Å². The number of nitrogens with zero attached hydrogens (tertiary/aromatic N) is 4. The smallest absolute Gasteiger partial charge is 0.278 e. The molecule has 0 radical (unpaired) electrons. The number of imidazole rings is 1. The molecule has 0 unspecified atom stereocenters. The van der Waals surface area contributed by atoms with E-state index in [-0.39, 0.29) is 16.4 Å². The first kappa shape index (κ1) is 10.7. The number of anilines is 1. The average Bonchev–Trinajstić information content (AvgIpc) is 2.65. The monoisotopic (exact) mass is 239 g/mol. The van der Waals surface area contributed by atoms with Gasteiger partial charge in [0.15, 0.2) is 5.15 Å². The third-order valence-electron chi connectivity index (χ3n) is 2.27. The first-order chi connectivity index (χ1) is 7.59. The second-order valence-corrected chi connectivity index (χ2v) is 3.74. The van der Waals surface area contributed by atoms with Crippen molar-refractivity contribution in [2.75, 3.05) is 5.73 Å². The predicted octanol–water partition coefficient (Wildman–Crippen LogP) is 0.261. The van der Waals surface area contributed by atoms with Crippen LogP contribution in [0.2, 0.25) is 5.15 Å². The molecule has 2 heterocycles. The van der Waals surface area contributed by atoms with E-state index in [1.165, 1.54) is 10.9 Å².